The summed E-state index contributed by atoms with van der Waals surface area (Å²) in [6, 6.07) is 20.4. The topological polar surface area (TPSA) is 43.6 Å². The molecule has 0 atom stereocenters. The second kappa shape index (κ2) is 6.76. The van der Waals surface area contributed by atoms with Crippen LogP contribution in [-0.2, 0) is 13.0 Å². The molecule has 0 N–H and O–H groups in total. The maximum Gasteiger partial charge on any atom is 0.123 e. The number of nitrogens with zero attached hydrogens (tertiary/aromatic N) is 4. The van der Waals surface area contributed by atoms with Crippen molar-refractivity contribution in [3.63, 3.8) is 0 Å². The summed E-state index contributed by atoms with van der Waals surface area (Å²) >= 11 is 1.68. The van der Waals surface area contributed by atoms with E-state index in [0.29, 0.717) is 0 Å². The van der Waals surface area contributed by atoms with Crippen molar-refractivity contribution < 1.29 is 0 Å². The Hall–Kier alpha value is -2.79. The van der Waals surface area contributed by atoms with Gasteiger partial charge in [-0.05, 0) is 0 Å². The smallest absolute Gasteiger partial charge is 0.123 e. The first kappa shape index (κ1) is 14.8. The minimum atomic E-state index is 0.776. The molecule has 0 saturated heterocycles. The average molecular weight is 332 g/mol. The Kier molecular flexibility index (Phi) is 4.16. The highest BCUT2D eigenvalue weighted by Gasteiger charge is 2.06. The van der Waals surface area contributed by atoms with Crippen LogP contribution in [-0.4, -0.2) is 20.0 Å². The van der Waals surface area contributed by atoms with E-state index >= 15 is 0 Å². The highest BCUT2D eigenvalue weighted by molar-refractivity contribution is 7.13. The molecule has 0 unspecified atom stereocenters. The molecule has 0 bridgehead atoms. The van der Waals surface area contributed by atoms with E-state index in [4.69, 9.17) is 4.98 Å². The van der Waals surface area contributed by atoms with Crippen LogP contribution < -0.4 is 0 Å². The fourth-order valence-corrected chi connectivity index (χ4v) is 3.37. The van der Waals surface area contributed by atoms with Gasteiger partial charge < -0.3 is 0 Å². The monoisotopic (exact) mass is 332 g/mol. The number of thiazole rings is 1. The molecular formula is C19H16N4S. The number of aromatic nitrogens is 4. The molecular weight excluding hydrogens is 316 g/mol. The van der Waals surface area contributed by atoms with E-state index in [9.17, 15) is 0 Å². The maximum atomic E-state index is 4.72. The van der Waals surface area contributed by atoms with Gasteiger partial charge in [-0.25, -0.2) is 4.98 Å². The number of aryl methyl sites for hydroxylation is 2. The molecule has 0 aliphatic heterocycles. The molecule has 0 aliphatic carbocycles. The van der Waals surface area contributed by atoms with Gasteiger partial charge in [0.05, 0.1) is 11.9 Å². The zero-order valence-corrected chi connectivity index (χ0v) is 13.9. The van der Waals surface area contributed by atoms with Crippen LogP contribution in [0.15, 0.2) is 72.2 Å². The van der Waals surface area contributed by atoms with Crippen LogP contribution in [0.5, 0.6) is 0 Å². The summed E-state index contributed by atoms with van der Waals surface area (Å²) in [4.78, 5) is 4.72. The fraction of sp³-hybridized carbons (Fsp3) is 0.105. The summed E-state index contributed by atoms with van der Waals surface area (Å²) in [5.74, 6) is 0. The van der Waals surface area contributed by atoms with Crippen LogP contribution in [0.2, 0.25) is 0 Å². The van der Waals surface area contributed by atoms with Crippen molar-refractivity contribution >= 4 is 11.3 Å². The molecule has 4 nitrogen and oxygen atoms in total. The molecule has 4 aromatic rings. The fourth-order valence-electron chi connectivity index (χ4n) is 2.51. The molecule has 2 aromatic heterocycles. The quantitative estimate of drug-likeness (QED) is 0.547. The third-order valence-electron chi connectivity index (χ3n) is 3.78. The Labute approximate surface area is 144 Å². The standard InChI is InChI=1S/C19H16N4S/c1-3-7-15(8-4-1)18-13-23(22-21-18)12-11-17-14-24-19(20-17)16-9-5-2-6-10-16/h1-10,13-14H,11-12H2. The van der Waals surface area contributed by atoms with Gasteiger partial charge in [0.2, 0.25) is 0 Å². The van der Waals surface area contributed by atoms with Crippen molar-refractivity contribution in [3.05, 3.63) is 77.9 Å². The third-order valence-corrected chi connectivity index (χ3v) is 4.72. The summed E-state index contributed by atoms with van der Waals surface area (Å²) in [7, 11) is 0. The first-order chi connectivity index (χ1) is 11.9. The van der Waals surface area contributed by atoms with Crippen LogP contribution in [0.4, 0.5) is 0 Å². The number of rotatable bonds is 5. The lowest BCUT2D eigenvalue weighted by molar-refractivity contribution is 0.585. The summed E-state index contributed by atoms with van der Waals surface area (Å²) in [6.45, 7) is 0.776. The molecule has 0 radical (unpaired) electrons. The number of hydrogen-bond donors (Lipinski definition) is 0. The zero-order chi connectivity index (χ0) is 16.2. The molecule has 118 valence electrons. The molecule has 4 rings (SSSR count). The van der Waals surface area contributed by atoms with Crippen molar-refractivity contribution in [3.8, 4) is 21.8 Å². The molecule has 0 fully saturated rings. The molecule has 5 heteroatoms. The van der Waals surface area contributed by atoms with Crippen molar-refractivity contribution in [2.24, 2.45) is 0 Å². The molecule has 0 saturated carbocycles. The summed E-state index contributed by atoms with van der Waals surface area (Å²) in [6.07, 6.45) is 2.83. The lowest BCUT2D eigenvalue weighted by atomic mass is 10.2. The van der Waals surface area contributed by atoms with Crippen molar-refractivity contribution in [2.75, 3.05) is 0 Å². The van der Waals surface area contributed by atoms with Gasteiger partial charge in [0.15, 0.2) is 0 Å². The number of benzene rings is 2. The SMILES string of the molecule is c1ccc(-c2cn(CCc3csc(-c4ccccc4)n3)nn2)cc1. The molecule has 0 aliphatic rings. The van der Waals surface area contributed by atoms with Crippen LogP contribution >= 0.6 is 11.3 Å². The molecule has 24 heavy (non-hydrogen) atoms. The van der Waals surface area contributed by atoms with E-state index < -0.39 is 0 Å². The molecule has 0 spiro atoms. The van der Waals surface area contributed by atoms with Gasteiger partial charge in [-0.15, -0.1) is 16.4 Å². The lowest BCUT2D eigenvalue weighted by Crippen LogP contribution is -2.02. The van der Waals surface area contributed by atoms with E-state index in [1.807, 2.05) is 59.4 Å². The van der Waals surface area contributed by atoms with E-state index in [-0.39, 0.29) is 0 Å². The maximum absolute atomic E-state index is 4.72. The number of hydrogen-bond acceptors (Lipinski definition) is 4. The van der Waals surface area contributed by atoms with Gasteiger partial charge in [-0.3, -0.25) is 4.68 Å². The summed E-state index contributed by atoms with van der Waals surface area (Å²) in [5.41, 5.74) is 4.25. The summed E-state index contributed by atoms with van der Waals surface area (Å²) < 4.78 is 1.88. The van der Waals surface area contributed by atoms with Gasteiger partial charge >= 0.3 is 0 Å². The van der Waals surface area contributed by atoms with Gasteiger partial charge in [-0.1, -0.05) is 65.9 Å². The molecule has 2 heterocycles. The highest BCUT2D eigenvalue weighted by Crippen LogP contribution is 2.23. The van der Waals surface area contributed by atoms with E-state index in [2.05, 4.69) is 27.8 Å². The van der Waals surface area contributed by atoms with E-state index in [1.54, 1.807) is 11.3 Å². The summed E-state index contributed by atoms with van der Waals surface area (Å²) in [5, 5.41) is 11.6. The average Bonchev–Trinajstić information content (AvgIpc) is 3.31. The predicted molar refractivity (Wildman–Crippen MR) is 96.7 cm³/mol. The van der Waals surface area contributed by atoms with Gasteiger partial charge in [0.1, 0.15) is 10.7 Å². The van der Waals surface area contributed by atoms with Gasteiger partial charge in [-0.2, -0.15) is 0 Å². The Morgan fingerprint density at radius 1 is 0.875 bits per heavy atom. The van der Waals surface area contributed by atoms with Crippen molar-refractivity contribution in [1.29, 1.82) is 0 Å². The van der Waals surface area contributed by atoms with Crippen LogP contribution in [0.1, 0.15) is 5.69 Å². The van der Waals surface area contributed by atoms with Crippen molar-refractivity contribution in [2.45, 2.75) is 13.0 Å². The second-order valence-electron chi connectivity index (χ2n) is 5.49. The van der Waals surface area contributed by atoms with E-state index in [1.165, 1.54) is 5.56 Å². The zero-order valence-electron chi connectivity index (χ0n) is 13.0. The largest absolute Gasteiger partial charge is 0.252 e. The first-order valence-corrected chi connectivity index (χ1v) is 8.72. The first-order valence-electron chi connectivity index (χ1n) is 7.84. The van der Waals surface area contributed by atoms with E-state index in [0.717, 1.165) is 34.9 Å². The minimum Gasteiger partial charge on any atom is -0.252 e. The van der Waals surface area contributed by atoms with Crippen molar-refractivity contribution in [1.82, 2.24) is 20.0 Å². The predicted octanol–water partition coefficient (Wildman–Crippen LogP) is 4.31. The Morgan fingerprint density at radius 2 is 1.58 bits per heavy atom. The molecule has 2 aromatic carbocycles. The van der Waals surface area contributed by atoms with Crippen LogP contribution in [0, 0.1) is 0 Å². The highest BCUT2D eigenvalue weighted by atomic mass is 32.1. The third kappa shape index (κ3) is 3.26. The normalized spacial score (nSPS) is 10.8. The molecule has 0 amide bonds. The second-order valence-corrected chi connectivity index (χ2v) is 6.35. The minimum absolute atomic E-state index is 0.776. The van der Waals surface area contributed by atoms with Crippen LogP contribution in [0.25, 0.3) is 21.8 Å². The Balaban J connectivity index is 1.43. The Bertz CT molecular complexity index is 835. The van der Waals surface area contributed by atoms with Gasteiger partial charge in [0.25, 0.3) is 0 Å². The Morgan fingerprint density at radius 3 is 2.33 bits per heavy atom. The van der Waals surface area contributed by atoms with Crippen LogP contribution in [0.3, 0.4) is 0 Å². The van der Waals surface area contributed by atoms with Gasteiger partial charge in [0, 0.05) is 29.5 Å². The lowest BCUT2D eigenvalue weighted by Gasteiger charge is -1.98.